The van der Waals surface area contributed by atoms with Gasteiger partial charge in [-0.2, -0.15) is 13.2 Å². The summed E-state index contributed by atoms with van der Waals surface area (Å²) in [6.07, 6.45) is -0.414. The van der Waals surface area contributed by atoms with Gasteiger partial charge in [-0.3, -0.25) is 4.79 Å². The molecule has 0 spiro atoms. The van der Waals surface area contributed by atoms with Gasteiger partial charge in [0, 0.05) is 33.7 Å². The monoisotopic (exact) mass is 395 g/mol. The summed E-state index contributed by atoms with van der Waals surface area (Å²) in [7, 11) is 0. The van der Waals surface area contributed by atoms with E-state index in [4.69, 9.17) is 4.11 Å². The molecule has 3 N–H and O–H groups in total. The second-order valence-corrected chi connectivity index (χ2v) is 6.05. The Morgan fingerprint density at radius 3 is 2.82 bits per heavy atom. The number of aromatic nitrogens is 4. The number of nitrogens with zero attached hydrogens (tertiary/aromatic N) is 3. The Kier molecular flexibility index (Phi) is 4.22. The van der Waals surface area contributed by atoms with Crippen molar-refractivity contribution in [1.82, 2.24) is 25.3 Å². The number of pyridine rings is 1. The molecule has 0 aromatic carbocycles. The second kappa shape index (κ2) is 7.45. The van der Waals surface area contributed by atoms with E-state index in [1.165, 1.54) is 19.2 Å². The highest BCUT2D eigenvalue weighted by Crippen LogP contribution is 2.26. The van der Waals surface area contributed by atoms with Crippen molar-refractivity contribution in [2.75, 3.05) is 11.9 Å². The third-order valence-corrected chi connectivity index (χ3v) is 4.06. The highest BCUT2D eigenvalue weighted by molar-refractivity contribution is 5.92. The average molecular weight is 395 g/mol. The summed E-state index contributed by atoms with van der Waals surface area (Å²) in [6, 6.07) is 4.86. The Bertz CT molecular complexity index is 1090. The maximum atomic E-state index is 12.6. The number of hydrogen-bond donors (Lipinski definition) is 3. The fourth-order valence-electron chi connectivity index (χ4n) is 2.55. The Hall–Kier alpha value is -3.17. The fraction of sp³-hybridized carbons (Fsp3) is 0.333. The van der Waals surface area contributed by atoms with Crippen molar-refractivity contribution in [1.29, 1.82) is 0 Å². The van der Waals surface area contributed by atoms with Crippen LogP contribution in [-0.4, -0.2) is 44.1 Å². The molecule has 0 aliphatic carbocycles. The first kappa shape index (κ1) is 15.8. The van der Waals surface area contributed by atoms with Gasteiger partial charge in [0.2, 0.25) is 5.91 Å². The van der Waals surface area contributed by atoms with Crippen LogP contribution in [0.1, 0.15) is 24.3 Å². The lowest BCUT2D eigenvalue weighted by atomic mass is 9.97. The fourth-order valence-corrected chi connectivity index (χ4v) is 2.55. The van der Waals surface area contributed by atoms with Crippen molar-refractivity contribution in [3.05, 3.63) is 36.8 Å². The number of hydrogen-bond acceptors (Lipinski definition) is 5. The number of nitrogens with one attached hydrogen (secondary N) is 3. The minimum Gasteiger partial charge on any atom is -0.356 e. The SMILES string of the molecule is [2H]C([2H])([2H])[C@](CC)(Nc1ccnc(-c2c[nH]c3ncccc23)n1)C(=O)NCC(F)(F)F. The zero-order valence-electron chi connectivity index (χ0n) is 17.8. The molecule has 0 fully saturated rings. The molecule has 0 saturated carbocycles. The molecular weight excluding hydrogens is 373 g/mol. The molecule has 0 saturated heterocycles. The predicted octanol–water partition coefficient (Wildman–Crippen LogP) is 3.28. The van der Waals surface area contributed by atoms with Crippen molar-refractivity contribution in [3.63, 3.8) is 0 Å². The van der Waals surface area contributed by atoms with Gasteiger partial charge in [0.15, 0.2) is 5.82 Å². The standard InChI is InChI=1S/C18H19F3N6O/c1-3-17(2,16(28)25-10-18(19,20)21)27-13-6-8-23-15(26-13)12-9-24-14-11(12)5-4-7-22-14/h4-9H,3,10H2,1-2H3,(H,22,24)(H,25,28)(H,23,26,27)/t17-/m1/s1/i2D3. The lowest BCUT2D eigenvalue weighted by Crippen LogP contribution is -2.52. The Morgan fingerprint density at radius 1 is 1.29 bits per heavy atom. The summed E-state index contributed by atoms with van der Waals surface area (Å²) in [4.78, 5) is 28.2. The van der Waals surface area contributed by atoms with Crippen LogP contribution in [0.2, 0.25) is 0 Å². The quantitative estimate of drug-likeness (QED) is 0.595. The minimum atomic E-state index is -4.69. The largest absolute Gasteiger partial charge is 0.405 e. The summed E-state index contributed by atoms with van der Waals surface area (Å²) in [6.45, 7) is -3.23. The molecule has 1 amide bonds. The first-order valence-electron chi connectivity index (χ1n) is 9.85. The number of anilines is 1. The second-order valence-electron chi connectivity index (χ2n) is 6.05. The summed E-state index contributed by atoms with van der Waals surface area (Å²) >= 11 is 0. The van der Waals surface area contributed by atoms with Crippen molar-refractivity contribution in [3.8, 4) is 11.4 Å². The Morgan fingerprint density at radius 2 is 2.11 bits per heavy atom. The van der Waals surface area contributed by atoms with E-state index in [0.29, 0.717) is 11.2 Å². The first-order chi connectivity index (χ1) is 14.5. The van der Waals surface area contributed by atoms with Crippen molar-refractivity contribution in [2.24, 2.45) is 0 Å². The average Bonchev–Trinajstić information content (AvgIpc) is 3.13. The van der Waals surface area contributed by atoms with Gasteiger partial charge in [0.1, 0.15) is 23.5 Å². The van der Waals surface area contributed by atoms with E-state index < -0.39 is 31.0 Å². The normalized spacial score (nSPS) is 15.9. The van der Waals surface area contributed by atoms with Crippen LogP contribution in [0.15, 0.2) is 36.8 Å². The molecule has 10 heteroatoms. The molecule has 0 aliphatic rings. The molecule has 148 valence electrons. The number of H-pyrrole nitrogens is 1. The zero-order chi connectivity index (χ0) is 22.9. The van der Waals surface area contributed by atoms with Crippen LogP contribution in [-0.2, 0) is 4.79 Å². The van der Waals surface area contributed by atoms with Crippen LogP contribution < -0.4 is 10.6 Å². The van der Waals surface area contributed by atoms with Crippen molar-refractivity contribution < 1.29 is 22.1 Å². The van der Waals surface area contributed by atoms with Crippen LogP contribution in [0.5, 0.6) is 0 Å². The maximum absolute atomic E-state index is 12.6. The van der Waals surface area contributed by atoms with Gasteiger partial charge in [0.25, 0.3) is 0 Å². The molecule has 3 rings (SSSR count). The molecule has 3 aromatic rings. The predicted molar refractivity (Wildman–Crippen MR) is 98.5 cm³/mol. The van der Waals surface area contributed by atoms with Gasteiger partial charge in [-0.15, -0.1) is 0 Å². The van der Waals surface area contributed by atoms with E-state index in [0.717, 1.165) is 5.39 Å². The van der Waals surface area contributed by atoms with E-state index in [9.17, 15) is 18.0 Å². The molecule has 28 heavy (non-hydrogen) atoms. The molecule has 7 nitrogen and oxygen atoms in total. The number of aromatic amines is 1. The van der Waals surface area contributed by atoms with Gasteiger partial charge >= 0.3 is 6.18 Å². The smallest absolute Gasteiger partial charge is 0.356 e. The van der Waals surface area contributed by atoms with Crippen LogP contribution in [0.4, 0.5) is 19.0 Å². The van der Waals surface area contributed by atoms with Crippen molar-refractivity contribution >= 4 is 22.8 Å². The van der Waals surface area contributed by atoms with E-state index in [2.05, 4.69) is 25.3 Å². The molecule has 0 bridgehead atoms. The van der Waals surface area contributed by atoms with E-state index in [1.54, 1.807) is 29.8 Å². The van der Waals surface area contributed by atoms with Gasteiger partial charge in [-0.1, -0.05) is 6.92 Å². The molecular formula is C18H19F3N6O. The van der Waals surface area contributed by atoms with E-state index in [-0.39, 0.29) is 18.1 Å². The van der Waals surface area contributed by atoms with Crippen LogP contribution >= 0.6 is 0 Å². The number of halogens is 3. The molecule has 0 aliphatic heterocycles. The molecule has 1 atom stereocenters. The number of carbonyl (C=O) groups excluding carboxylic acids is 1. The highest BCUT2D eigenvalue weighted by atomic mass is 19.4. The van der Waals surface area contributed by atoms with Crippen LogP contribution in [0, 0.1) is 0 Å². The van der Waals surface area contributed by atoms with Crippen LogP contribution in [0.3, 0.4) is 0 Å². The number of carbonyl (C=O) groups is 1. The number of amides is 1. The summed E-state index contributed by atoms with van der Waals surface area (Å²) < 4.78 is 61.2. The van der Waals surface area contributed by atoms with Crippen LogP contribution in [0.25, 0.3) is 22.4 Å². The lowest BCUT2D eigenvalue weighted by Gasteiger charge is -2.29. The summed E-state index contributed by atoms with van der Waals surface area (Å²) in [5.41, 5.74) is -1.15. The van der Waals surface area contributed by atoms with Gasteiger partial charge in [-0.25, -0.2) is 15.0 Å². The minimum absolute atomic E-state index is 0.0247. The summed E-state index contributed by atoms with van der Waals surface area (Å²) in [5.74, 6) is -1.11. The van der Waals surface area contributed by atoms with Gasteiger partial charge in [0.05, 0.1) is 0 Å². The van der Waals surface area contributed by atoms with Gasteiger partial charge in [-0.05, 0) is 31.5 Å². The van der Waals surface area contributed by atoms with Gasteiger partial charge < -0.3 is 15.6 Å². The highest BCUT2D eigenvalue weighted by Gasteiger charge is 2.35. The van der Waals surface area contributed by atoms with Crippen molar-refractivity contribution in [2.45, 2.75) is 31.9 Å². The first-order valence-corrected chi connectivity index (χ1v) is 8.35. The molecule has 3 heterocycles. The molecule has 0 radical (unpaired) electrons. The number of fused-ring (bicyclic) bond motifs is 1. The Balaban J connectivity index is 1.97. The third kappa shape index (κ3) is 4.21. The molecule has 0 unspecified atom stereocenters. The lowest BCUT2D eigenvalue weighted by molar-refractivity contribution is -0.140. The zero-order valence-corrected chi connectivity index (χ0v) is 14.8. The third-order valence-electron chi connectivity index (χ3n) is 4.06. The number of rotatable bonds is 6. The Labute approximate surface area is 163 Å². The number of alkyl halides is 3. The topological polar surface area (TPSA) is 95.6 Å². The summed E-state index contributed by atoms with van der Waals surface area (Å²) in [5, 5.41) is 4.94. The molecule has 3 aromatic heterocycles. The maximum Gasteiger partial charge on any atom is 0.405 e. The van der Waals surface area contributed by atoms with E-state index in [1.807, 2.05) is 0 Å². The van der Waals surface area contributed by atoms with E-state index >= 15 is 0 Å².